The molecule has 10 nitrogen and oxygen atoms in total. The number of carbonyl (C=O) groups excluding carboxylic acids is 3. The Labute approximate surface area is 152 Å². The van der Waals surface area contributed by atoms with Gasteiger partial charge >= 0.3 is 5.97 Å². The van der Waals surface area contributed by atoms with Crippen molar-refractivity contribution in [1.82, 2.24) is 15.5 Å². The highest BCUT2D eigenvalue weighted by Gasteiger charge is 2.36. The quantitative estimate of drug-likeness (QED) is 0.280. The molecule has 0 saturated carbocycles. The van der Waals surface area contributed by atoms with Crippen molar-refractivity contribution in [1.29, 1.82) is 0 Å². The Balaban J connectivity index is 2.68. The van der Waals surface area contributed by atoms with Gasteiger partial charge in [-0.2, -0.15) is 0 Å². The van der Waals surface area contributed by atoms with Gasteiger partial charge in [0.1, 0.15) is 18.1 Å². The third kappa shape index (κ3) is 6.26. The van der Waals surface area contributed by atoms with E-state index in [1.165, 1.54) is 11.8 Å². The van der Waals surface area contributed by atoms with Gasteiger partial charge in [0.15, 0.2) is 0 Å². The van der Waals surface area contributed by atoms with Crippen LogP contribution in [-0.4, -0.2) is 71.5 Å². The Bertz CT molecular complexity index is 527. The number of carboxylic acids is 1. The molecule has 0 aromatic heterocycles. The van der Waals surface area contributed by atoms with Gasteiger partial charge in [0, 0.05) is 6.54 Å². The second kappa shape index (κ2) is 10.7. The molecule has 1 aliphatic heterocycles. The third-order valence-electron chi connectivity index (χ3n) is 4.33. The second-order valence-corrected chi connectivity index (χ2v) is 6.37. The second-order valence-electron chi connectivity index (χ2n) is 6.37. The van der Waals surface area contributed by atoms with E-state index in [1.54, 1.807) is 0 Å². The fourth-order valence-electron chi connectivity index (χ4n) is 2.93. The number of nitrogens with zero attached hydrogens (tertiary/aromatic N) is 1. The van der Waals surface area contributed by atoms with Crippen molar-refractivity contribution in [2.75, 3.05) is 19.6 Å². The summed E-state index contributed by atoms with van der Waals surface area (Å²) in [7, 11) is 0. The predicted octanol–water partition coefficient (Wildman–Crippen LogP) is -1.86. The van der Waals surface area contributed by atoms with E-state index in [-0.39, 0.29) is 6.54 Å². The zero-order valence-corrected chi connectivity index (χ0v) is 15.1. The summed E-state index contributed by atoms with van der Waals surface area (Å²) in [4.78, 5) is 48.9. The molecule has 148 valence electrons. The van der Waals surface area contributed by atoms with E-state index >= 15 is 0 Å². The maximum atomic E-state index is 12.5. The molecule has 10 heteroatoms. The number of hydrogen-bond acceptors (Lipinski definition) is 6. The Morgan fingerprint density at radius 2 is 1.88 bits per heavy atom. The maximum Gasteiger partial charge on any atom is 0.326 e. The van der Waals surface area contributed by atoms with Crippen LogP contribution in [-0.2, 0) is 19.2 Å². The summed E-state index contributed by atoms with van der Waals surface area (Å²) < 4.78 is 0. The minimum Gasteiger partial charge on any atom is -0.480 e. The van der Waals surface area contributed by atoms with Crippen LogP contribution in [0, 0.1) is 0 Å². The van der Waals surface area contributed by atoms with Gasteiger partial charge in [0.25, 0.3) is 0 Å². The Hall–Kier alpha value is -2.20. The molecule has 0 spiro atoms. The summed E-state index contributed by atoms with van der Waals surface area (Å²) in [5.74, 6) is -2.48. The number of aliphatic carboxylic acids is 1. The van der Waals surface area contributed by atoms with Gasteiger partial charge in [0.05, 0.1) is 6.54 Å². The number of unbranched alkanes of at least 4 members (excludes halogenated alkanes) is 1. The topological polar surface area (TPSA) is 168 Å². The molecule has 3 unspecified atom stereocenters. The molecular weight excluding hydrogens is 342 g/mol. The maximum absolute atomic E-state index is 12.5. The van der Waals surface area contributed by atoms with Gasteiger partial charge in [-0.15, -0.1) is 0 Å². The standard InChI is InChI=1S/C16H29N5O5/c1-10(15(24)21-8-4-6-12(21)16(25)26)19-14(23)11(5-2-3-7-17)20-13(22)9-18/h10-12H,2-9,17-18H2,1H3,(H,19,23)(H,20,22)(H,25,26). The van der Waals surface area contributed by atoms with Crippen LogP contribution in [0.3, 0.4) is 0 Å². The van der Waals surface area contributed by atoms with Gasteiger partial charge in [-0.1, -0.05) is 0 Å². The van der Waals surface area contributed by atoms with Gasteiger partial charge < -0.3 is 32.1 Å². The lowest BCUT2D eigenvalue weighted by atomic mass is 10.1. The number of nitrogens with one attached hydrogen (secondary N) is 2. The first-order valence-electron chi connectivity index (χ1n) is 8.85. The summed E-state index contributed by atoms with van der Waals surface area (Å²) in [6.07, 6.45) is 2.71. The van der Waals surface area contributed by atoms with E-state index in [0.717, 1.165) is 0 Å². The van der Waals surface area contributed by atoms with E-state index in [9.17, 15) is 24.3 Å². The third-order valence-corrected chi connectivity index (χ3v) is 4.33. The van der Waals surface area contributed by atoms with Crippen LogP contribution in [0.2, 0.25) is 0 Å². The van der Waals surface area contributed by atoms with E-state index < -0.39 is 41.8 Å². The number of hydrogen-bond donors (Lipinski definition) is 5. The van der Waals surface area contributed by atoms with Crippen LogP contribution in [0.4, 0.5) is 0 Å². The molecule has 3 amide bonds. The largest absolute Gasteiger partial charge is 0.480 e. The minimum absolute atomic E-state index is 0.247. The van der Waals surface area contributed by atoms with Crippen LogP contribution in [0.25, 0.3) is 0 Å². The van der Waals surface area contributed by atoms with Crippen LogP contribution in [0.1, 0.15) is 39.0 Å². The SMILES string of the molecule is CC(NC(=O)C(CCCCN)NC(=O)CN)C(=O)N1CCCC1C(=O)O. The predicted molar refractivity (Wildman–Crippen MR) is 93.9 cm³/mol. The smallest absolute Gasteiger partial charge is 0.326 e. The molecule has 0 aromatic rings. The van der Waals surface area contributed by atoms with Crippen LogP contribution in [0.15, 0.2) is 0 Å². The van der Waals surface area contributed by atoms with Gasteiger partial charge in [-0.25, -0.2) is 4.79 Å². The molecule has 7 N–H and O–H groups in total. The lowest BCUT2D eigenvalue weighted by Crippen LogP contribution is -2.55. The molecule has 0 radical (unpaired) electrons. The minimum atomic E-state index is -1.05. The van der Waals surface area contributed by atoms with E-state index in [2.05, 4.69) is 10.6 Å². The van der Waals surface area contributed by atoms with Crippen molar-refractivity contribution >= 4 is 23.7 Å². The lowest BCUT2D eigenvalue weighted by Gasteiger charge is -2.26. The first-order valence-corrected chi connectivity index (χ1v) is 8.85. The number of rotatable bonds is 10. The monoisotopic (exact) mass is 371 g/mol. The zero-order valence-electron chi connectivity index (χ0n) is 15.1. The molecule has 1 heterocycles. The van der Waals surface area contributed by atoms with E-state index in [1.807, 2.05) is 0 Å². The number of likely N-dealkylation sites (tertiary alicyclic amines) is 1. The molecule has 1 fully saturated rings. The zero-order chi connectivity index (χ0) is 19.7. The summed E-state index contributed by atoms with van der Waals surface area (Å²) in [6, 6.07) is -2.57. The highest BCUT2D eigenvalue weighted by atomic mass is 16.4. The van der Waals surface area contributed by atoms with Crippen LogP contribution in [0.5, 0.6) is 0 Å². The number of carbonyl (C=O) groups is 4. The van der Waals surface area contributed by atoms with Gasteiger partial charge in [-0.3, -0.25) is 14.4 Å². The molecule has 0 aromatic carbocycles. The molecule has 0 aliphatic carbocycles. The van der Waals surface area contributed by atoms with E-state index in [0.29, 0.717) is 45.2 Å². The summed E-state index contributed by atoms with van der Waals surface area (Å²) in [5, 5.41) is 14.3. The molecular formula is C16H29N5O5. The summed E-state index contributed by atoms with van der Waals surface area (Å²) >= 11 is 0. The summed E-state index contributed by atoms with van der Waals surface area (Å²) in [6.45, 7) is 2.07. The van der Waals surface area contributed by atoms with Crippen LogP contribution < -0.4 is 22.1 Å². The van der Waals surface area contributed by atoms with Crippen molar-refractivity contribution < 1.29 is 24.3 Å². The van der Waals surface area contributed by atoms with Gasteiger partial charge in [-0.05, 0) is 45.6 Å². The Morgan fingerprint density at radius 1 is 1.19 bits per heavy atom. The van der Waals surface area contributed by atoms with Crippen molar-refractivity contribution in [3.63, 3.8) is 0 Å². The molecule has 1 saturated heterocycles. The van der Waals surface area contributed by atoms with Crippen molar-refractivity contribution in [2.24, 2.45) is 11.5 Å². The lowest BCUT2D eigenvalue weighted by molar-refractivity contribution is -0.149. The molecule has 3 atom stereocenters. The Kier molecular flexibility index (Phi) is 9.00. The average Bonchev–Trinajstić information content (AvgIpc) is 3.09. The van der Waals surface area contributed by atoms with Crippen molar-refractivity contribution in [2.45, 2.75) is 57.2 Å². The number of carboxylic acid groups (broad SMARTS) is 1. The molecule has 1 aliphatic rings. The Morgan fingerprint density at radius 3 is 2.46 bits per heavy atom. The highest BCUT2D eigenvalue weighted by molar-refractivity contribution is 5.93. The summed E-state index contributed by atoms with van der Waals surface area (Å²) in [5.41, 5.74) is 10.7. The van der Waals surface area contributed by atoms with Crippen molar-refractivity contribution in [3.8, 4) is 0 Å². The normalized spacial score (nSPS) is 18.9. The fourth-order valence-corrected chi connectivity index (χ4v) is 2.93. The fraction of sp³-hybridized carbons (Fsp3) is 0.750. The van der Waals surface area contributed by atoms with Crippen molar-refractivity contribution in [3.05, 3.63) is 0 Å². The average molecular weight is 371 g/mol. The molecule has 0 bridgehead atoms. The highest BCUT2D eigenvalue weighted by Crippen LogP contribution is 2.18. The number of amides is 3. The van der Waals surface area contributed by atoms with E-state index in [4.69, 9.17) is 11.5 Å². The van der Waals surface area contributed by atoms with Gasteiger partial charge in [0.2, 0.25) is 17.7 Å². The first-order chi connectivity index (χ1) is 12.3. The number of nitrogens with two attached hydrogens (primary N) is 2. The molecule has 1 rings (SSSR count). The van der Waals surface area contributed by atoms with Crippen LogP contribution >= 0.6 is 0 Å². The molecule has 26 heavy (non-hydrogen) atoms. The first kappa shape index (κ1) is 21.8.